The van der Waals surface area contributed by atoms with Gasteiger partial charge in [-0.25, -0.2) is 4.98 Å². The number of carbonyl (C=O) groups is 1. The fraction of sp³-hybridized carbons (Fsp3) is 0.273. The molecule has 3 aromatic heterocycles. The molecular formula is C22H23N5O4. The lowest BCUT2D eigenvalue weighted by Gasteiger charge is -2.16. The Balaban J connectivity index is 1.51. The zero-order chi connectivity index (χ0) is 22.0. The predicted molar refractivity (Wildman–Crippen MR) is 114 cm³/mol. The molecule has 31 heavy (non-hydrogen) atoms. The summed E-state index contributed by atoms with van der Waals surface area (Å²) in [5.74, 6) is 0.0916. The minimum Gasteiger partial charge on any atom is -0.388 e. The van der Waals surface area contributed by atoms with E-state index in [2.05, 4.69) is 20.4 Å². The molecule has 0 fully saturated rings. The van der Waals surface area contributed by atoms with Gasteiger partial charge in [-0.05, 0) is 56.2 Å². The van der Waals surface area contributed by atoms with Gasteiger partial charge in [-0.2, -0.15) is 4.98 Å². The van der Waals surface area contributed by atoms with Gasteiger partial charge in [-0.3, -0.25) is 9.20 Å². The summed E-state index contributed by atoms with van der Waals surface area (Å²) in [5, 5.41) is 16.3. The lowest BCUT2D eigenvalue weighted by Crippen LogP contribution is -2.25. The average molecular weight is 421 g/mol. The molecule has 1 amide bonds. The largest absolute Gasteiger partial charge is 0.388 e. The number of imidazole rings is 1. The number of aliphatic hydroxyl groups is 1. The highest BCUT2D eigenvalue weighted by molar-refractivity contribution is 6.04. The fourth-order valence-electron chi connectivity index (χ4n) is 3.08. The molecule has 0 spiro atoms. The summed E-state index contributed by atoms with van der Waals surface area (Å²) in [5.41, 5.74) is 3.31. The molecule has 9 heteroatoms. The van der Waals surface area contributed by atoms with Crippen molar-refractivity contribution in [3.05, 3.63) is 65.9 Å². The van der Waals surface area contributed by atoms with Crippen LogP contribution in [0.1, 0.15) is 35.5 Å². The normalized spacial score (nSPS) is 11.7. The highest BCUT2D eigenvalue weighted by Crippen LogP contribution is 2.24. The van der Waals surface area contributed by atoms with Crippen molar-refractivity contribution in [3.63, 3.8) is 0 Å². The number of aryl methyl sites for hydroxylation is 1. The van der Waals surface area contributed by atoms with E-state index >= 15 is 0 Å². The molecule has 0 atom stereocenters. The number of ether oxygens (including phenoxy) is 1. The van der Waals surface area contributed by atoms with Gasteiger partial charge in [0.25, 0.3) is 11.8 Å². The van der Waals surface area contributed by atoms with E-state index in [0.29, 0.717) is 35.1 Å². The smallest absolute Gasteiger partial charge is 0.274 e. The van der Waals surface area contributed by atoms with E-state index in [1.165, 1.54) is 12.5 Å². The Bertz CT molecular complexity index is 1210. The van der Waals surface area contributed by atoms with Crippen molar-refractivity contribution in [2.45, 2.75) is 33.0 Å². The number of anilines is 1. The van der Waals surface area contributed by atoms with Crippen molar-refractivity contribution in [2.75, 3.05) is 11.9 Å². The molecule has 0 unspecified atom stereocenters. The van der Waals surface area contributed by atoms with E-state index in [4.69, 9.17) is 9.26 Å². The first kappa shape index (κ1) is 20.7. The summed E-state index contributed by atoms with van der Waals surface area (Å²) in [6.45, 7) is 5.85. The first-order valence-electron chi connectivity index (χ1n) is 9.75. The second-order valence-corrected chi connectivity index (χ2v) is 7.94. The van der Waals surface area contributed by atoms with Crippen LogP contribution in [0.25, 0.3) is 17.1 Å². The Morgan fingerprint density at radius 3 is 2.84 bits per heavy atom. The van der Waals surface area contributed by atoms with Crippen molar-refractivity contribution in [1.82, 2.24) is 19.5 Å². The summed E-state index contributed by atoms with van der Waals surface area (Å²) < 4.78 is 12.3. The zero-order valence-electron chi connectivity index (χ0n) is 17.5. The molecule has 0 aliphatic rings. The lowest BCUT2D eigenvalue weighted by molar-refractivity contribution is -0.0268. The minimum atomic E-state index is -0.887. The molecule has 0 bridgehead atoms. The van der Waals surface area contributed by atoms with Gasteiger partial charge in [0, 0.05) is 17.4 Å². The second-order valence-electron chi connectivity index (χ2n) is 7.94. The van der Waals surface area contributed by atoms with Crippen molar-refractivity contribution in [2.24, 2.45) is 0 Å². The number of hydrogen-bond donors (Lipinski definition) is 2. The third-order valence-electron chi connectivity index (χ3n) is 4.63. The van der Waals surface area contributed by atoms with Crippen LogP contribution < -0.4 is 5.32 Å². The third kappa shape index (κ3) is 4.79. The van der Waals surface area contributed by atoms with Gasteiger partial charge in [0.15, 0.2) is 6.33 Å². The Labute approximate surface area is 178 Å². The molecule has 9 nitrogen and oxygen atoms in total. The Hall–Kier alpha value is -3.56. The van der Waals surface area contributed by atoms with Crippen molar-refractivity contribution in [1.29, 1.82) is 0 Å². The van der Waals surface area contributed by atoms with Crippen LogP contribution in [-0.4, -0.2) is 42.7 Å². The van der Waals surface area contributed by atoms with Crippen LogP contribution in [0.4, 0.5) is 5.69 Å². The zero-order valence-corrected chi connectivity index (χ0v) is 17.5. The molecular weight excluding hydrogens is 398 g/mol. The monoisotopic (exact) mass is 421 g/mol. The van der Waals surface area contributed by atoms with E-state index in [1.54, 1.807) is 30.5 Å². The summed E-state index contributed by atoms with van der Waals surface area (Å²) in [4.78, 5) is 21.3. The number of benzene rings is 1. The molecule has 2 N–H and O–H groups in total. The number of pyridine rings is 1. The number of rotatable bonds is 7. The van der Waals surface area contributed by atoms with Crippen molar-refractivity contribution < 1.29 is 19.2 Å². The van der Waals surface area contributed by atoms with Crippen LogP contribution in [0.15, 0.2) is 53.6 Å². The number of hydrogen-bond acceptors (Lipinski definition) is 7. The topological polar surface area (TPSA) is 115 Å². The number of aromatic nitrogens is 4. The van der Waals surface area contributed by atoms with Crippen LogP contribution in [0.5, 0.6) is 0 Å². The van der Waals surface area contributed by atoms with Gasteiger partial charge in [-0.1, -0.05) is 11.2 Å². The highest BCUT2D eigenvalue weighted by Gasteiger charge is 2.16. The van der Waals surface area contributed by atoms with E-state index < -0.39 is 5.60 Å². The lowest BCUT2D eigenvalue weighted by atomic mass is 10.1. The van der Waals surface area contributed by atoms with Crippen LogP contribution in [-0.2, 0) is 11.3 Å². The number of nitrogens with one attached hydrogen (secondary N) is 1. The maximum absolute atomic E-state index is 12.9. The molecule has 3 heterocycles. The minimum absolute atomic E-state index is 0.224. The Morgan fingerprint density at radius 1 is 1.26 bits per heavy atom. The molecule has 0 radical (unpaired) electrons. The van der Waals surface area contributed by atoms with Crippen molar-refractivity contribution in [3.8, 4) is 11.5 Å². The fourth-order valence-corrected chi connectivity index (χ4v) is 3.08. The highest BCUT2D eigenvalue weighted by atomic mass is 16.5. The van der Waals surface area contributed by atoms with Crippen LogP contribution in [0.2, 0.25) is 0 Å². The third-order valence-corrected chi connectivity index (χ3v) is 4.63. The van der Waals surface area contributed by atoms with E-state index in [1.807, 2.05) is 31.2 Å². The average Bonchev–Trinajstić information content (AvgIpc) is 3.38. The molecule has 0 saturated carbocycles. The SMILES string of the molecule is Cc1ccc(-c2ncno2)cc1NC(=O)c1cnc2cc(COCC(C)(C)O)ccn12. The first-order valence-corrected chi connectivity index (χ1v) is 9.75. The van der Waals surface area contributed by atoms with Gasteiger partial charge >= 0.3 is 0 Å². The summed E-state index contributed by atoms with van der Waals surface area (Å²) >= 11 is 0. The number of amides is 1. The molecule has 4 rings (SSSR count). The van der Waals surface area contributed by atoms with Crippen LogP contribution in [0.3, 0.4) is 0 Å². The van der Waals surface area contributed by atoms with E-state index in [-0.39, 0.29) is 12.5 Å². The first-order chi connectivity index (χ1) is 14.8. The Kier molecular flexibility index (Phi) is 5.53. The second kappa shape index (κ2) is 8.29. The predicted octanol–water partition coefficient (Wildman–Crippen LogP) is 3.23. The number of carbonyl (C=O) groups excluding carboxylic acids is 1. The molecule has 4 aromatic rings. The molecule has 1 aromatic carbocycles. The molecule has 0 saturated heterocycles. The maximum atomic E-state index is 12.9. The summed E-state index contributed by atoms with van der Waals surface area (Å²) in [7, 11) is 0. The van der Waals surface area contributed by atoms with E-state index in [0.717, 1.165) is 11.1 Å². The molecule has 0 aliphatic carbocycles. The standard InChI is InChI=1S/C22H23N5O4/c1-14-4-5-16(21-24-13-25-31-21)9-17(14)26-20(28)18-10-23-19-8-15(6-7-27(18)19)11-30-12-22(2,3)29/h4-10,13,29H,11-12H2,1-3H3,(H,26,28). The van der Waals surface area contributed by atoms with Gasteiger partial charge in [0.05, 0.1) is 25.0 Å². The Morgan fingerprint density at radius 2 is 2.10 bits per heavy atom. The molecule has 160 valence electrons. The van der Waals surface area contributed by atoms with Crippen molar-refractivity contribution >= 4 is 17.2 Å². The number of nitrogens with zero attached hydrogens (tertiary/aromatic N) is 4. The quantitative estimate of drug-likeness (QED) is 0.471. The number of fused-ring (bicyclic) bond motifs is 1. The van der Waals surface area contributed by atoms with E-state index in [9.17, 15) is 9.90 Å². The summed E-state index contributed by atoms with van der Waals surface area (Å²) in [6.07, 6.45) is 4.64. The van der Waals surface area contributed by atoms with Crippen LogP contribution >= 0.6 is 0 Å². The van der Waals surface area contributed by atoms with Gasteiger partial charge in [-0.15, -0.1) is 0 Å². The van der Waals surface area contributed by atoms with Gasteiger partial charge in [0.2, 0.25) is 0 Å². The summed E-state index contributed by atoms with van der Waals surface area (Å²) in [6, 6.07) is 9.24. The molecule has 0 aliphatic heterocycles. The maximum Gasteiger partial charge on any atom is 0.274 e. The van der Waals surface area contributed by atoms with Gasteiger partial charge in [0.1, 0.15) is 11.3 Å². The van der Waals surface area contributed by atoms with Crippen LogP contribution in [0, 0.1) is 6.92 Å². The van der Waals surface area contributed by atoms with Gasteiger partial charge < -0.3 is 19.7 Å².